The summed E-state index contributed by atoms with van der Waals surface area (Å²) in [4.78, 5) is 4.34. The first-order valence-corrected chi connectivity index (χ1v) is 9.74. The molecule has 0 aliphatic heterocycles. The summed E-state index contributed by atoms with van der Waals surface area (Å²) < 4.78 is 73.0. The van der Waals surface area contributed by atoms with E-state index in [2.05, 4.69) is 4.98 Å². The van der Waals surface area contributed by atoms with Gasteiger partial charge in [-0.1, -0.05) is 6.07 Å². The van der Waals surface area contributed by atoms with E-state index < -0.39 is 23.4 Å². The Morgan fingerprint density at radius 3 is 2.42 bits per heavy atom. The Morgan fingerprint density at radius 2 is 1.71 bits per heavy atom. The predicted octanol–water partition coefficient (Wildman–Crippen LogP) is 7.05. The maximum atomic E-state index is 14.0. The SMILES string of the molecule is Fc1ccc(COc2ccc(C(F)(F)F)cc2C2=C(c3ccccn3)CCC2)c(F)c1. The summed E-state index contributed by atoms with van der Waals surface area (Å²) in [5.74, 6) is -1.28. The zero-order valence-corrected chi connectivity index (χ0v) is 16.3. The first kappa shape index (κ1) is 21.0. The van der Waals surface area contributed by atoms with E-state index in [-0.39, 0.29) is 17.9 Å². The molecule has 1 aliphatic carbocycles. The average Bonchev–Trinajstić information content (AvgIpc) is 3.23. The van der Waals surface area contributed by atoms with Gasteiger partial charge in [0.25, 0.3) is 0 Å². The molecule has 0 bridgehead atoms. The molecule has 160 valence electrons. The van der Waals surface area contributed by atoms with Crippen LogP contribution in [-0.2, 0) is 12.8 Å². The predicted molar refractivity (Wildman–Crippen MR) is 107 cm³/mol. The van der Waals surface area contributed by atoms with Crippen molar-refractivity contribution < 1.29 is 26.7 Å². The summed E-state index contributed by atoms with van der Waals surface area (Å²) in [6.45, 7) is -0.239. The maximum Gasteiger partial charge on any atom is 0.416 e. The van der Waals surface area contributed by atoms with Gasteiger partial charge in [-0.15, -0.1) is 0 Å². The van der Waals surface area contributed by atoms with E-state index in [0.29, 0.717) is 24.1 Å². The molecule has 1 aromatic heterocycles. The number of pyridine rings is 1. The molecule has 0 N–H and O–H groups in total. The molecular weight excluding hydrogens is 413 g/mol. The van der Waals surface area contributed by atoms with Gasteiger partial charge in [-0.2, -0.15) is 13.2 Å². The molecule has 0 saturated carbocycles. The summed E-state index contributed by atoms with van der Waals surface area (Å²) in [5.41, 5.74) is 1.95. The van der Waals surface area contributed by atoms with Gasteiger partial charge in [-0.05, 0) is 72.9 Å². The molecule has 0 unspecified atom stereocenters. The number of hydrogen-bond acceptors (Lipinski definition) is 2. The molecule has 31 heavy (non-hydrogen) atoms. The Balaban J connectivity index is 1.76. The number of allylic oxidation sites excluding steroid dienone is 2. The van der Waals surface area contributed by atoms with Crippen molar-refractivity contribution in [1.29, 1.82) is 0 Å². The second-order valence-corrected chi connectivity index (χ2v) is 7.26. The molecule has 1 aliphatic rings. The highest BCUT2D eigenvalue weighted by Crippen LogP contribution is 2.44. The lowest BCUT2D eigenvalue weighted by molar-refractivity contribution is -0.137. The summed E-state index contributed by atoms with van der Waals surface area (Å²) in [6.07, 6.45) is -0.827. The molecular formula is C24H18F5NO. The van der Waals surface area contributed by atoms with Crippen molar-refractivity contribution >= 4 is 11.1 Å². The highest BCUT2D eigenvalue weighted by atomic mass is 19.4. The van der Waals surface area contributed by atoms with Crippen LogP contribution in [0.3, 0.4) is 0 Å². The summed E-state index contributed by atoms with van der Waals surface area (Å²) in [7, 11) is 0. The van der Waals surface area contributed by atoms with Crippen molar-refractivity contribution in [3.63, 3.8) is 0 Å². The second-order valence-electron chi connectivity index (χ2n) is 7.26. The third-order valence-electron chi connectivity index (χ3n) is 5.22. The molecule has 0 amide bonds. The van der Waals surface area contributed by atoms with Crippen LogP contribution in [0.5, 0.6) is 5.75 Å². The lowest BCUT2D eigenvalue weighted by Crippen LogP contribution is -2.07. The minimum atomic E-state index is -4.51. The van der Waals surface area contributed by atoms with Crippen LogP contribution in [-0.4, -0.2) is 4.98 Å². The standard InChI is InChI=1S/C24H18F5NO/c25-17-9-7-15(21(26)13-17)14-31-23-10-8-16(24(27,28)29)12-20(23)18-4-3-5-19(18)22-6-1-2-11-30-22/h1-2,6-13H,3-5,14H2. The highest BCUT2D eigenvalue weighted by Gasteiger charge is 2.32. The van der Waals surface area contributed by atoms with Crippen molar-refractivity contribution in [3.8, 4) is 5.75 Å². The van der Waals surface area contributed by atoms with Gasteiger partial charge in [-0.3, -0.25) is 4.98 Å². The Hall–Kier alpha value is -3.22. The molecule has 0 saturated heterocycles. The number of nitrogens with zero attached hydrogens (tertiary/aromatic N) is 1. The number of alkyl halides is 3. The van der Waals surface area contributed by atoms with E-state index >= 15 is 0 Å². The Bertz CT molecular complexity index is 1120. The molecule has 1 heterocycles. The van der Waals surface area contributed by atoms with Crippen LogP contribution in [0.2, 0.25) is 0 Å². The fourth-order valence-electron chi connectivity index (χ4n) is 3.73. The minimum absolute atomic E-state index is 0.109. The van der Waals surface area contributed by atoms with Gasteiger partial charge >= 0.3 is 6.18 Å². The van der Waals surface area contributed by atoms with Crippen LogP contribution >= 0.6 is 0 Å². The smallest absolute Gasteiger partial charge is 0.416 e. The lowest BCUT2D eigenvalue weighted by atomic mass is 9.97. The highest BCUT2D eigenvalue weighted by molar-refractivity contribution is 5.93. The van der Waals surface area contributed by atoms with E-state index in [1.807, 2.05) is 12.1 Å². The van der Waals surface area contributed by atoms with Crippen LogP contribution in [0.25, 0.3) is 11.1 Å². The molecule has 0 spiro atoms. The number of ether oxygens (including phenoxy) is 1. The van der Waals surface area contributed by atoms with Gasteiger partial charge < -0.3 is 4.74 Å². The molecule has 7 heteroatoms. The molecule has 3 aromatic rings. The van der Waals surface area contributed by atoms with Crippen LogP contribution in [0, 0.1) is 11.6 Å². The number of benzene rings is 2. The first-order valence-electron chi connectivity index (χ1n) is 9.74. The van der Waals surface area contributed by atoms with Crippen molar-refractivity contribution in [2.45, 2.75) is 32.0 Å². The third-order valence-corrected chi connectivity index (χ3v) is 5.22. The van der Waals surface area contributed by atoms with Gasteiger partial charge in [0.2, 0.25) is 0 Å². The van der Waals surface area contributed by atoms with Crippen LogP contribution < -0.4 is 4.74 Å². The van der Waals surface area contributed by atoms with Gasteiger partial charge in [0, 0.05) is 23.4 Å². The topological polar surface area (TPSA) is 22.1 Å². The largest absolute Gasteiger partial charge is 0.488 e. The molecule has 4 rings (SSSR count). The quantitative estimate of drug-likeness (QED) is 0.404. The van der Waals surface area contributed by atoms with Crippen molar-refractivity contribution in [2.75, 3.05) is 0 Å². The maximum absolute atomic E-state index is 14.0. The Kier molecular flexibility index (Phi) is 5.76. The molecule has 0 atom stereocenters. The van der Waals surface area contributed by atoms with E-state index in [9.17, 15) is 22.0 Å². The van der Waals surface area contributed by atoms with E-state index in [4.69, 9.17) is 4.74 Å². The first-order chi connectivity index (χ1) is 14.8. The van der Waals surface area contributed by atoms with Gasteiger partial charge in [0.15, 0.2) is 0 Å². The fourth-order valence-corrected chi connectivity index (χ4v) is 3.73. The van der Waals surface area contributed by atoms with E-state index in [1.165, 1.54) is 12.1 Å². The second kappa shape index (κ2) is 8.49. The number of hydrogen-bond donors (Lipinski definition) is 0. The number of halogens is 5. The molecule has 0 radical (unpaired) electrons. The van der Waals surface area contributed by atoms with Crippen molar-refractivity contribution in [2.24, 2.45) is 0 Å². The van der Waals surface area contributed by atoms with Crippen LogP contribution in [0.4, 0.5) is 22.0 Å². The normalized spacial score (nSPS) is 14.2. The van der Waals surface area contributed by atoms with Crippen LogP contribution in [0.15, 0.2) is 60.8 Å². The van der Waals surface area contributed by atoms with Crippen molar-refractivity contribution in [1.82, 2.24) is 4.98 Å². The Morgan fingerprint density at radius 1 is 0.903 bits per heavy atom. The third kappa shape index (κ3) is 4.60. The number of rotatable bonds is 5. The molecule has 2 nitrogen and oxygen atoms in total. The average molecular weight is 431 g/mol. The lowest BCUT2D eigenvalue weighted by Gasteiger charge is -2.17. The summed E-state index contributed by atoms with van der Waals surface area (Å²) >= 11 is 0. The fraction of sp³-hybridized carbons (Fsp3) is 0.208. The van der Waals surface area contributed by atoms with Crippen molar-refractivity contribution in [3.05, 3.63) is 94.8 Å². The zero-order chi connectivity index (χ0) is 22.0. The number of aromatic nitrogens is 1. The molecule has 2 aromatic carbocycles. The monoisotopic (exact) mass is 431 g/mol. The zero-order valence-electron chi connectivity index (χ0n) is 16.3. The molecule has 0 fully saturated rings. The Labute approximate surface area is 176 Å². The van der Waals surface area contributed by atoms with Gasteiger partial charge in [0.05, 0.1) is 11.3 Å². The van der Waals surface area contributed by atoms with E-state index in [1.54, 1.807) is 12.3 Å². The minimum Gasteiger partial charge on any atom is -0.488 e. The van der Waals surface area contributed by atoms with Gasteiger partial charge in [0.1, 0.15) is 24.0 Å². The van der Waals surface area contributed by atoms with Crippen LogP contribution in [0.1, 0.15) is 41.6 Å². The van der Waals surface area contributed by atoms with Gasteiger partial charge in [-0.25, -0.2) is 8.78 Å². The summed E-state index contributed by atoms with van der Waals surface area (Å²) in [5, 5.41) is 0. The van der Waals surface area contributed by atoms with E-state index in [0.717, 1.165) is 41.8 Å². The summed E-state index contributed by atoms with van der Waals surface area (Å²) in [6, 6.07) is 11.8.